The Balaban J connectivity index is 2.42. The van der Waals surface area contributed by atoms with E-state index in [2.05, 4.69) is 35.9 Å². The van der Waals surface area contributed by atoms with Gasteiger partial charge in [0, 0.05) is 32.7 Å². The third-order valence-electron chi connectivity index (χ3n) is 4.36. The molecule has 1 rings (SSSR count). The van der Waals surface area contributed by atoms with Crippen molar-refractivity contribution >= 4 is 0 Å². The highest BCUT2D eigenvalue weighted by atomic mass is 16.3. The zero-order valence-corrected chi connectivity index (χ0v) is 13.1. The molecule has 0 aliphatic carbocycles. The molecular formula is C15H33N3O. The fourth-order valence-electron chi connectivity index (χ4n) is 2.81. The van der Waals surface area contributed by atoms with Gasteiger partial charge in [0.25, 0.3) is 0 Å². The molecule has 1 fully saturated rings. The van der Waals surface area contributed by atoms with E-state index in [0.717, 1.165) is 39.3 Å². The third kappa shape index (κ3) is 6.21. The number of aliphatic hydroxyl groups excluding tert-OH is 1. The van der Waals surface area contributed by atoms with Crippen molar-refractivity contribution in [2.45, 2.75) is 33.6 Å². The number of β-amino-alcohol motifs (C(OH)–C–C–N with tert-alkyl or cyclic N) is 1. The first-order valence-corrected chi connectivity index (χ1v) is 7.90. The van der Waals surface area contributed by atoms with Gasteiger partial charge in [0.15, 0.2) is 0 Å². The van der Waals surface area contributed by atoms with E-state index in [1.807, 2.05) is 0 Å². The molecule has 0 aromatic carbocycles. The lowest BCUT2D eigenvalue weighted by Crippen LogP contribution is -2.43. The van der Waals surface area contributed by atoms with Crippen molar-refractivity contribution in [2.75, 3.05) is 59.0 Å². The Kier molecular flexibility index (Phi) is 7.91. The first-order valence-electron chi connectivity index (χ1n) is 7.90. The highest BCUT2D eigenvalue weighted by Crippen LogP contribution is 2.22. The van der Waals surface area contributed by atoms with Crippen LogP contribution in [0.4, 0.5) is 0 Å². The van der Waals surface area contributed by atoms with E-state index >= 15 is 0 Å². The summed E-state index contributed by atoms with van der Waals surface area (Å²) in [4.78, 5) is 4.99. The van der Waals surface area contributed by atoms with E-state index in [1.54, 1.807) is 0 Å². The highest BCUT2D eigenvalue weighted by molar-refractivity contribution is 4.81. The lowest BCUT2D eigenvalue weighted by molar-refractivity contribution is 0.153. The maximum atomic E-state index is 9.03. The van der Waals surface area contributed by atoms with Crippen molar-refractivity contribution < 1.29 is 5.11 Å². The number of aliphatic hydroxyl groups is 1. The van der Waals surface area contributed by atoms with Gasteiger partial charge in [0.2, 0.25) is 0 Å². The van der Waals surface area contributed by atoms with Crippen LogP contribution in [-0.2, 0) is 0 Å². The predicted octanol–water partition coefficient (Wildman–Crippen LogP) is 1.01. The molecule has 0 amide bonds. The molecule has 1 aliphatic heterocycles. The average Bonchev–Trinajstić information content (AvgIpc) is 2.63. The second-order valence-electron chi connectivity index (χ2n) is 6.14. The molecule has 0 saturated carbocycles. The van der Waals surface area contributed by atoms with Crippen LogP contribution in [0.5, 0.6) is 0 Å². The highest BCUT2D eigenvalue weighted by Gasteiger charge is 2.26. The Morgan fingerprint density at radius 2 is 1.79 bits per heavy atom. The summed E-state index contributed by atoms with van der Waals surface area (Å²) in [5.41, 5.74) is 0.377. The zero-order valence-electron chi connectivity index (χ0n) is 13.1. The molecule has 1 atom stereocenters. The number of hydrogen-bond donors (Lipinski definition) is 2. The zero-order chi connectivity index (χ0) is 14.1. The van der Waals surface area contributed by atoms with Gasteiger partial charge >= 0.3 is 0 Å². The standard InChI is InChI=1S/C15H33N3O/c1-4-15(3,13-16-5-2)14-18-8-6-7-17(9-10-18)11-12-19/h16,19H,4-14H2,1-3H3. The van der Waals surface area contributed by atoms with E-state index < -0.39 is 0 Å². The molecule has 1 heterocycles. The summed E-state index contributed by atoms with van der Waals surface area (Å²) in [6.45, 7) is 15.9. The summed E-state index contributed by atoms with van der Waals surface area (Å²) in [5, 5.41) is 12.5. The summed E-state index contributed by atoms with van der Waals surface area (Å²) in [7, 11) is 0. The Morgan fingerprint density at radius 3 is 2.42 bits per heavy atom. The minimum absolute atomic E-state index is 0.285. The van der Waals surface area contributed by atoms with Crippen molar-refractivity contribution in [3.8, 4) is 0 Å². The molecule has 0 radical (unpaired) electrons. The normalized spacial score (nSPS) is 22.1. The summed E-state index contributed by atoms with van der Waals surface area (Å²) in [6, 6.07) is 0. The molecule has 1 saturated heterocycles. The Hall–Kier alpha value is -0.160. The molecule has 1 aliphatic rings. The molecule has 19 heavy (non-hydrogen) atoms. The molecule has 4 heteroatoms. The second-order valence-corrected chi connectivity index (χ2v) is 6.14. The smallest absolute Gasteiger partial charge is 0.0558 e. The van der Waals surface area contributed by atoms with Gasteiger partial charge in [-0.1, -0.05) is 20.8 Å². The molecule has 2 N–H and O–H groups in total. The van der Waals surface area contributed by atoms with Crippen molar-refractivity contribution in [1.29, 1.82) is 0 Å². The summed E-state index contributed by atoms with van der Waals surface area (Å²) in [5.74, 6) is 0. The molecule has 0 aromatic rings. The van der Waals surface area contributed by atoms with Crippen LogP contribution < -0.4 is 5.32 Å². The number of nitrogens with one attached hydrogen (secondary N) is 1. The molecule has 1 unspecified atom stereocenters. The monoisotopic (exact) mass is 271 g/mol. The molecule has 114 valence electrons. The maximum absolute atomic E-state index is 9.03. The van der Waals surface area contributed by atoms with E-state index in [0.29, 0.717) is 5.41 Å². The minimum Gasteiger partial charge on any atom is -0.395 e. The van der Waals surface area contributed by atoms with Crippen LogP contribution in [-0.4, -0.2) is 73.9 Å². The van der Waals surface area contributed by atoms with Crippen molar-refractivity contribution in [1.82, 2.24) is 15.1 Å². The van der Waals surface area contributed by atoms with Crippen LogP contribution in [0.15, 0.2) is 0 Å². The summed E-state index contributed by atoms with van der Waals surface area (Å²) in [6.07, 6.45) is 2.44. The quantitative estimate of drug-likeness (QED) is 0.691. The Morgan fingerprint density at radius 1 is 1.11 bits per heavy atom. The van der Waals surface area contributed by atoms with Gasteiger partial charge in [-0.25, -0.2) is 0 Å². The maximum Gasteiger partial charge on any atom is 0.0558 e. The minimum atomic E-state index is 0.285. The molecule has 0 aromatic heterocycles. The lowest BCUT2D eigenvalue weighted by atomic mass is 9.86. The number of nitrogens with zero attached hydrogens (tertiary/aromatic N) is 2. The topological polar surface area (TPSA) is 38.7 Å². The largest absolute Gasteiger partial charge is 0.395 e. The van der Waals surface area contributed by atoms with Gasteiger partial charge in [-0.2, -0.15) is 0 Å². The molecule has 0 bridgehead atoms. The first-order chi connectivity index (χ1) is 9.13. The van der Waals surface area contributed by atoms with Crippen LogP contribution in [0.2, 0.25) is 0 Å². The summed E-state index contributed by atoms with van der Waals surface area (Å²) < 4.78 is 0. The van der Waals surface area contributed by atoms with Crippen molar-refractivity contribution in [2.24, 2.45) is 5.41 Å². The van der Waals surface area contributed by atoms with Gasteiger partial charge in [-0.3, -0.25) is 4.90 Å². The molecule has 0 spiro atoms. The predicted molar refractivity (Wildman–Crippen MR) is 81.5 cm³/mol. The molecule has 4 nitrogen and oxygen atoms in total. The number of hydrogen-bond acceptors (Lipinski definition) is 4. The van der Waals surface area contributed by atoms with Crippen LogP contribution in [0.3, 0.4) is 0 Å². The Labute approximate surface area is 119 Å². The summed E-state index contributed by atoms with van der Waals surface area (Å²) >= 11 is 0. The average molecular weight is 271 g/mol. The SMILES string of the molecule is CCNCC(C)(CC)CN1CCCN(CCO)CC1. The van der Waals surface area contributed by atoms with E-state index in [4.69, 9.17) is 5.11 Å². The van der Waals surface area contributed by atoms with Gasteiger partial charge in [0.05, 0.1) is 6.61 Å². The fourth-order valence-corrected chi connectivity index (χ4v) is 2.81. The molecular weight excluding hydrogens is 238 g/mol. The van der Waals surface area contributed by atoms with Gasteiger partial charge in [-0.15, -0.1) is 0 Å². The van der Waals surface area contributed by atoms with Crippen molar-refractivity contribution in [3.05, 3.63) is 0 Å². The van der Waals surface area contributed by atoms with Crippen molar-refractivity contribution in [3.63, 3.8) is 0 Å². The third-order valence-corrected chi connectivity index (χ3v) is 4.36. The van der Waals surface area contributed by atoms with E-state index in [9.17, 15) is 0 Å². The van der Waals surface area contributed by atoms with Crippen LogP contribution in [0, 0.1) is 5.41 Å². The lowest BCUT2D eigenvalue weighted by Gasteiger charge is -2.34. The van der Waals surface area contributed by atoms with E-state index in [-0.39, 0.29) is 6.61 Å². The van der Waals surface area contributed by atoms with Crippen LogP contribution in [0.1, 0.15) is 33.6 Å². The van der Waals surface area contributed by atoms with Crippen LogP contribution >= 0.6 is 0 Å². The van der Waals surface area contributed by atoms with Crippen LogP contribution in [0.25, 0.3) is 0 Å². The fraction of sp³-hybridized carbons (Fsp3) is 1.00. The Bertz CT molecular complexity index is 237. The van der Waals surface area contributed by atoms with Gasteiger partial charge < -0.3 is 15.3 Å². The number of rotatable bonds is 8. The van der Waals surface area contributed by atoms with Gasteiger partial charge in [-0.05, 0) is 37.9 Å². The second kappa shape index (κ2) is 8.90. The van der Waals surface area contributed by atoms with Gasteiger partial charge in [0.1, 0.15) is 0 Å². The first kappa shape index (κ1) is 16.9. The van der Waals surface area contributed by atoms with E-state index in [1.165, 1.54) is 25.9 Å².